The summed E-state index contributed by atoms with van der Waals surface area (Å²) >= 11 is 0. The number of benzene rings is 1. The molecule has 0 unspecified atom stereocenters. The SMILES string of the molecule is COc1cc(F)c(C(C)C)cc1CN. The zero-order valence-corrected chi connectivity index (χ0v) is 8.80. The van der Waals surface area contributed by atoms with E-state index in [1.807, 2.05) is 13.8 Å². The lowest BCUT2D eigenvalue weighted by atomic mass is 9.99. The van der Waals surface area contributed by atoms with E-state index in [0.29, 0.717) is 17.9 Å². The minimum atomic E-state index is -0.228. The predicted molar refractivity (Wildman–Crippen MR) is 54.9 cm³/mol. The zero-order valence-electron chi connectivity index (χ0n) is 8.80. The molecule has 0 saturated carbocycles. The summed E-state index contributed by atoms with van der Waals surface area (Å²) in [5.74, 6) is 0.453. The molecule has 1 aromatic carbocycles. The van der Waals surface area contributed by atoms with Crippen molar-refractivity contribution in [2.75, 3.05) is 7.11 Å². The number of methoxy groups -OCH3 is 1. The molecule has 78 valence electrons. The van der Waals surface area contributed by atoms with Crippen molar-refractivity contribution in [1.82, 2.24) is 0 Å². The van der Waals surface area contributed by atoms with Gasteiger partial charge < -0.3 is 10.5 Å². The number of ether oxygens (including phenoxy) is 1. The summed E-state index contributed by atoms with van der Waals surface area (Å²) in [5, 5.41) is 0. The average molecular weight is 197 g/mol. The first kappa shape index (κ1) is 11.0. The Kier molecular flexibility index (Phi) is 3.47. The van der Waals surface area contributed by atoms with Crippen molar-refractivity contribution in [1.29, 1.82) is 0 Å². The maximum Gasteiger partial charge on any atom is 0.130 e. The van der Waals surface area contributed by atoms with Gasteiger partial charge in [-0.05, 0) is 17.5 Å². The second-order valence-corrected chi connectivity index (χ2v) is 3.54. The Morgan fingerprint density at radius 3 is 2.50 bits per heavy atom. The molecule has 14 heavy (non-hydrogen) atoms. The van der Waals surface area contributed by atoms with Gasteiger partial charge in [0.25, 0.3) is 0 Å². The van der Waals surface area contributed by atoms with Crippen LogP contribution >= 0.6 is 0 Å². The van der Waals surface area contributed by atoms with E-state index in [1.54, 1.807) is 6.07 Å². The third-order valence-corrected chi connectivity index (χ3v) is 2.24. The standard InChI is InChI=1S/C11H16FNO/c1-7(2)9-4-8(6-13)11(14-3)5-10(9)12/h4-5,7H,6,13H2,1-3H3. The van der Waals surface area contributed by atoms with Crippen LogP contribution in [0.1, 0.15) is 30.9 Å². The van der Waals surface area contributed by atoms with Crippen LogP contribution in [-0.2, 0) is 6.54 Å². The molecule has 3 heteroatoms. The number of halogens is 1. The van der Waals surface area contributed by atoms with Crippen LogP contribution < -0.4 is 10.5 Å². The average Bonchev–Trinajstić information content (AvgIpc) is 2.16. The topological polar surface area (TPSA) is 35.2 Å². The number of hydrogen-bond donors (Lipinski definition) is 1. The van der Waals surface area contributed by atoms with Crippen LogP contribution in [0.4, 0.5) is 4.39 Å². The third-order valence-electron chi connectivity index (χ3n) is 2.24. The molecule has 0 saturated heterocycles. The molecule has 0 spiro atoms. The van der Waals surface area contributed by atoms with E-state index in [4.69, 9.17) is 10.5 Å². The van der Waals surface area contributed by atoms with Gasteiger partial charge in [-0.1, -0.05) is 13.8 Å². The van der Waals surface area contributed by atoms with Crippen LogP contribution in [0.3, 0.4) is 0 Å². The zero-order chi connectivity index (χ0) is 10.7. The molecular formula is C11H16FNO. The Balaban J connectivity index is 3.23. The van der Waals surface area contributed by atoms with E-state index in [1.165, 1.54) is 13.2 Å². The van der Waals surface area contributed by atoms with Gasteiger partial charge in [0.15, 0.2) is 0 Å². The largest absolute Gasteiger partial charge is 0.496 e. The molecule has 0 aliphatic heterocycles. The predicted octanol–water partition coefficient (Wildman–Crippen LogP) is 2.42. The molecule has 2 nitrogen and oxygen atoms in total. The maximum atomic E-state index is 13.5. The molecule has 0 aliphatic carbocycles. The minimum absolute atomic E-state index is 0.159. The van der Waals surface area contributed by atoms with Crippen LogP contribution in [0.25, 0.3) is 0 Å². The summed E-state index contributed by atoms with van der Waals surface area (Å²) in [6, 6.07) is 3.18. The minimum Gasteiger partial charge on any atom is -0.496 e. The van der Waals surface area contributed by atoms with E-state index >= 15 is 0 Å². The van der Waals surface area contributed by atoms with Gasteiger partial charge in [0.2, 0.25) is 0 Å². The number of rotatable bonds is 3. The first-order chi connectivity index (χ1) is 6.60. The lowest BCUT2D eigenvalue weighted by Crippen LogP contribution is -2.03. The van der Waals surface area contributed by atoms with Crippen molar-refractivity contribution in [3.05, 3.63) is 29.1 Å². The van der Waals surface area contributed by atoms with E-state index in [9.17, 15) is 4.39 Å². The molecule has 0 amide bonds. The molecule has 1 aromatic rings. The summed E-state index contributed by atoms with van der Waals surface area (Å²) < 4.78 is 18.5. The van der Waals surface area contributed by atoms with Gasteiger partial charge in [0.1, 0.15) is 11.6 Å². The van der Waals surface area contributed by atoms with Gasteiger partial charge >= 0.3 is 0 Å². The highest BCUT2D eigenvalue weighted by atomic mass is 19.1. The molecule has 0 aromatic heterocycles. The highest BCUT2D eigenvalue weighted by molar-refractivity contribution is 5.39. The fraction of sp³-hybridized carbons (Fsp3) is 0.455. The first-order valence-electron chi connectivity index (χ1n) is 4.66. The molecule has 0 radical (unpaired) electrons. The van der Waals surface area contributed by atoms with Crippen LogP contribution in [0, 0.1) is 5.82 Å². The second-order valence-electron chi connectivity index (χ2n) is 3.54. The smallest absolute Gasteiger partial charge is 0.130 e. The highest BCUT2D eigenvalue weighted by Crippen LogP contribution is 2.26. The van der Waals surface area contributed by atoms with Gasteiger partial charge in [-0.3, -0.25) is 0 Å². The van der Waals surface area contributed by atoms with Gasteiger partial charge in [0.05, 0.1) is 7.11 Å². The van der Waals surface area contributed by atoms with Crippen molar-refractivity contribution >= 4 is 0 Å². The van der Waals surface area contributed by atoms with Crippen molar-refractivity contribution in [2.45, 2.75) is 26.3 Å². The van der Waals surface area contributed by atoms with E-state index in [0.717, 1.165) is 5.56 Å². The Bertz CT molecular complexity index is 323. The van der Waals surface area contributed by atoms with E-state index in [-0.39, 0.29) is 11.7 Å². The quantitative estimate of drug-likeness (QED) is 0.807. The second kappa shape index (κ2) is 4.42. The molecule has 0 atom stereocenters. The van der Waals surface area contributed by atoms with E-state index in [2.05, 4.69) is 0 Å². The summed E-state index contributed by atoms with van der Waals surface area (Å²) in [5.41, 5.74) is 7.07. The lowest BCUT2D eigenvalue weighted by molar-refractivity contribution is 0.405. The molecule has 0 heterocycles. The fourth-order valence-electron chi connectivity index (χ4n) is 1.41. The molecule has 1 rings (SSSR count). The maximum absolute atomic E-state index is 13.5. The van der Waals surface area contributed by atoms with Crippen LogP contribution in [0.2, 0.25) is 0 Å². The first-order valence-corrected chi connectivity index (χ1v) is 4.66. The summed E-state index contributed by atoms with van der Waals surface area (Å²) in [4.78, 5) is 0. The van der Waals surface area contributed by atoms with Gasteiger partial charge in [0, 0.05) is 18.2 Å². The molecule has 0 bridgehead atoms. The van der Waals surface area contributed by atoms with Crippen molar-refractivity contribution in [3.63, 3.8) is 0 Å². The number of hydrogen-bond acceptors (Lipinski definition) is 2. The Morgan fingerprint density at radius 1 is 1.43 bits per heavy atom. The monoisotopic (exact) mass is 197 g/mol. The van der Waals surface area contributed by atoms with Crippen molar-refractivity contribution in [3.8, 4) is 5.75 Å². The van der Waals surface area contributed by atoms with Crippen LogP contribution in [0.5, 0.6) is 5.75 Å². The fourth-order valence-corrected chi connectivity index (χ4v) is 1.41. The summed E-state index contributed by atoms with van der Waals surface area (Å²) in [6.07, 6.45) is 0. The highest BCUT2D eigenvalue weighted by Gasteiger charge is 2.11. The van der Waals surface area contributed by atoms with E-state index < -0.39 is 0 Å². The molecule has 0 aliphatic rings. The van der Waals surface area contributed by atoms with Crippen molar-refractivity contribution in [2.24, 2.45) is 5.73 Å². The lowest BCUT2D eigenvalue weighted by Gasteiger charge is -2.12. The normalized spacial score (nSPS) is 10.7. The Labute approximate surface area is 83.9 Å². The van der Waals surface area contributed by atoms with Crippen LogP contribution in [0.15, 0.2) is 12.1 Å². The van der Waals surface area contributed by atoms with Crippen molar-refractivity contribution < 1.29 is 9.13 Å². The Morgan fingerprint density at radius 2 is 2.07 bits per heavy atom. The molecular weight excluding hydrogens is 181 g/mol. The number of nitrogens with two attached hydrogens (primary N) is 1. The Hall–Kier alpha value is -1.09. The van der Waals surface area contributed by atoms with Gasteiger partial charge in [-0.25, -0.2) is 4.39 Å². The van der Waals surface area contributed by atoms with Gasteiger partial charge in [-0.15, -0.1) is 0 Å². The molecule has 0 fully saturated rings. The van der Waals surface area contributed by atoms with Crippen LogP contribution in [-0.4, -0.2) is 7.11 Å². The molecule has 2 N–H and O–H groups in total. The summed E-state index contributed by atoms with van der Waals surface area (Å²) in [7, 11) is 1.52. The third kappa shape index (κ3) is 2.04. The van der Waals surface area contributed by atoms with Gasteiger partial charge in [-0.2, -0.15) is 0 Å². The summed E-state index contributed by atoms with van der Waals surface area (Å²) in [6.45, 7) is 4.26.